The number of pyridine rings is 3. The van der Waals surface area contributed by atoms with E-state index in [1.165, 1.54) is 6.07 Å². The van der Waals surface area contributed by atoms with Gasteiger partial charge in [0.15, 0.2) is 17.0 Å². The molecule has 2 aliphatic rings. The minimum absolute atomic E-state index is 0.133. The quantitative estimate of drug-likeness (QED) is 0.0917. The molecule has 0 bridgehead atoms. The predicted octanol–water partition coefficient (Wildman–Crippen LogP) is 4.89. The number of nitrogens with zero attached hydrogens (tertiary/aromatic N) is 6. The maximum Gasteiger partial charge on any atom is 0.193 e. The summed E-state index contributed by atoms with van der Waals surface area (Å²) >= 11 is 0. The summed E-state index contributed by atoms with van der Waals surface area (Å²) < 4.78 is 45.9. The SMILES string of the molecule is Cc1ccc(N2CCC[C@H](N(Cc3ccnc(C)c3)Cc3cn(C4CC4)c4cc(OCCN(C)CCOCCOCCOCCOCCN)c(F)cc4c3=O)C2)cn1. The Morgan fingerprint density at radius 1 is 0.845 bits per heavy atom. The van der Waals surface area contributed by atoms with Crippen LogP contribution in [-0.2, 0) is 32.0 Å². The third-order valence-electron chi connectivity index (χ3n) is 10.7. The number of fused-ring (bicyclic) bond motifs is 1. The molecule has 0 radical (unpaired) electrons. The average Bonchev–Trinajstić information content (AvgIpc) is 4.07. The number of hydrogen-bond acceptors (Lipinski definition) is 12. The van der Waals surface area contributed by atoms with Gasteiger partial charge in [-0.25, -0.2) is 4.39 Å². The minimum Gasteiger partial charge on any atom is -0.489 e. The maximum absolute atomic E-state index is 15.7. The number of aromatic nitrogens is 3. The Bertz CT molecular complexity index is 1930. The summed E-state index contributed by atoms with van der Waals surface area (Å²) in [5.74, 6) is -0.371. The van der Waals surface area contributed by atoms with Crippen LogP contribution in [0.4, 0.5) is 10.1 Å². The number of aryl methyl sites for hydroxylation is 2. The summed E-state index contributed by atoms with van der Waals surface area (Å²) in [7, 11) is 1.98. The van der Waals surface area contributed by atoms with Crippen molar-refractivity contribution in [3.05, 3.63) is 93.5 Å². The standard InChI is InChI=1S/C44H62FN7O6/c1-33-6-7-38(28-48-33)50-13-4-5-39(32-50)51(29-35-10-12-47-34(2)25-35)30-36-31-52(37-8-9-37)42-27-43(41(45)26-40(42)44(36)53)58-18-15-49(3)14-17-55-20-22-57-24-23-56-21-19-54-16-11-46/h6-7,10,12,25-28,31,37,39H,4-5,8-9,11,13-24,29-30,32,46H2,1-3H3/t39-/m0/s1. The van der Waals surface area contributed by atoms with Gasteiger partial charge in [-0.2, -0.15) is 0 Å². The molecule has 316 valence electrons. The van der Waals surface area contributed by atoms with E-state index in [0.29, 0.717) is 109 Å². The topological polar surface area (TPSA) is 130 Å². The van der Waals surface area contributed by atoms with Gasteiger partial charge in [0.05, 0.1) is 70.3 Å². The first-order valence-corrected chi connectivity index (χ1v) is 20.8. The van der Waals surface area contributed by atoms with Gasteiger partial charge in [-0.15, -0.1) is 0 Å². The van der Waals surface area contributed by atoms with E-state index in [0.717, 1.165) is 61.4 Å². The van der Waals surface area contributed by atoms with Gasteiger partial charge in [-0.05, 0) is 82.5 Å². The van der Waals surface area contributed by atoms with Crippen molar-refractivity contribution in [3.8, 4) is 5.75 Å². The largest absolute Gasteiger partial charge is 0.489 e. The molecule has 58 heavy (non-hydrogen) atoms. The molecule has 6 rings (SSSR count). The summed E-state index contributed by atoms with van der Waals surface area (Å²) in [5, 5.41) is 0.392. The molecule has 1 saturated carbocycles. The number of likely N-dealkylation sites (N-methyl/N-ethyl adjacent to an activating group) is 1. The molecule has 1 atom stereocenters. The van der Waals surface area contributed by atoms with Crippen LogP contribution in [0.1, 0.15) is 54.2 Å². The molecular formula is C44H62FN7O6. The highest BCUT2D eigenvalue weighted by atomic mass is 19.1. The highest BCUT2D eigenvalue weighted by Gasteiger charge is 2.30. The van der Waals surface area contributed by atoms with Gasteiger partial charge in [0, 0.05) is 98.7 Å². The molecule has 1 aliphatic heterocycles. The fraction of sp³-hybridized carbons (Fsp3) is 0.568. The number of ether oxygens (including phenoxy) is 5. The van der Waals surface area contributed by atoms with Crippen molar-refractivity contribution in [2.45, 2.75) is 64.7 Å². The fourth-order valence-electron chi connectivity index (χ4n) is 7.38. The highest BCUT2D eigenvalue weighted by Crippen LogP contribution is 2.38. The zero-order valence-corrected chi connectivity index (χ0v) is 34.6. The Labute approximate surface area is 342 Å². The molecule has 1 aromatic carbocycles. The van der Waals surface area contributed by atoms with Crippen molar-refractivity contribution in [1.29, 1.82) is 0 Å². The average molecular weight is 804 g/mol. The molecule has 2 fully saturated rings. The molecule has 4 heterocycles. The summed E-state index contributed by atoms with van der Waals surface area (Å²) in [6, 6.07) is 11.9. The van der Waals surface area contributed by atoms with Gasteiger partial charge < -0.3 is 43.8 Å². The number of hydrogen-bond donors (Lipinski definition) is 1. The Kier molecular flexibility index (Phi) is 16.8. The molecule has 2 N–H and O–H groups in total. The molecule has 3 aromatic heterocycles. The van der Waals surface area contributed by atoms with E-state index in [4.69, 9.17) is 29.4 Å². The Hall–Kier alpha value is -4.02. The summed E-state index contributed by atoms with van der Waals surface area (Å²) in [6.07, 6.45) is 9.91. The van der Waals surface area contributed by atoms with E-state index in [1.807, 2.05) is 39.5 Å². The van der Waals surface area contributed by atoms with E-state index in [9.17, 15) is 4.79 Å². The van der Waals surface area contributed by atoms with Gasteiger partial charge in [-0.3, -0.25) is 19.7 Å². The van der Waals surface area contributed by atoms with Crippen LogP contribution in [0.15, 0.2) is 59.8 Å². The van der Waals surface area contributed by atoms with Crippen LogP contribution in [-0.4, -0.2) is 130 Å². The van der Waals surface area contributed by atoms with Crippen LogP contribution in [0.3, 0.4) is 0 Å². The molecule has 0 unspecified atom stereocenters. The molecule has 4 aromatic rings. The van der Waals surface area contributed by atoms with Gasteiger partial charge in [-0.1, -0.05) is 0 Å². The fourth-order valence-corrected chi connectivity index (χ4v) is 7.38. The lowest BCUT2D eigenvalue weighted by atomic mass is 10.0. The van der Waals surface area contributed by atoms with Crippen molar-refractivity contribution < 1.29 is 28.1 Å². The summed E-state index contributed by atoms with van der Waals surface area (Å²) in [6.45, 7) is 13.1. The number of rotatable bonds is 25. The zero-order valence-electron chi connectivity index (χ0n) is 34.6. The number of piperidine rings is 1. The Balaban J connectivity index is 1.05. The normalized spacial score (nSPS) is 15.9. The van der Waals surface area contributed by atoms with Crippen LogP contribution < -0.4 is 20.8 Å². The van der Waals surface area contributed by atoms with Crippen molar-refractivity contribution in [2.24, 2.45) is 5.73 Å². The van der Waals surface area contributed by atoms with Crippen LogP contribution in [0.5, 0.6) is 5.75 Å². The van der Waals surface area contributed by atoms with E-state index >= 15 is 4.39 Å². The lowest BCUT2D eigenvalue weighted by molar-refractivity contribution is -0.00277. The van der Waals surface area contributed by atoms with Crippen molar-refractivity contribution in [3.63, 3.8) is 0 Å². The first-order chi connectivity index (χ1) is 28.3. The molecule has 0 amide bonds. The Morgan fingerprint density at radius 2 is 1.57 bits per heavy atom. The van der Waals surface area contributed by atoms with Crippen molar-refractivity contribution in [1.82, 2.24) is 24.3 Å². The minimum atomic E-state index is -0.529. The van der Waals surface area contributed by atoms with Crippen LogP contribution in [0, 0.1) is 19.7 Å². The maximum atomic E-state index is 15.7. The molecule has 1 saturated heterocycles. The van der Waals surface area contributed by atoms with E-state index in [-0.39, 0.29) is 23.3 Å². The van der Waals surface area contributed by atoms with E-state index < -0.39 is 5.82 Å². The molecule has 14 heteroatoms. The van der Waals surface area contributed by atoms with Gasteiger partial charge in [0.1, 0.15) is 6.61 Å². The van der Waals surface area contributed by atoms with E-state index in [2.05, 4.69) is 53.5 Å². The highest BCUT2D eigenvalue weighted by molar-refractivity contribution is 5.81. The molecule has 13 nitrogen and oxygen atoms in total. The summed E-state index contributed by atoms with van der Waals surface area (Å²) in [4.78, 5) is 30.2. The monoisotopic (exact) mass is 803 g/mol. The molecule has 1 aliphatic carbocycles. The van der Waals surface area contributed by atoms with Crippen LogP contribution >= 0.6 is 0 Å². The third-order valence-corrected chi connectivity index (χ3v) is 10.7. The van der Waals surface area contributed by atoms with Crippen LogP contribution in [0.2, 0.25) is 0 Å². The first kappa shape index (κ1) is 43.6. The summed E-state index contributed by atoms with van der Waals surface area (Å²) in [5.41, 5.74) is 10.9. The Morgan fingerprint density at radius 3 is 2.26 bits per heavy atom. The number of anilines is 1. The number of halogens is 1. The second-order valence-corrected chi connectivity index (χ2v) is 15.4. The lowest BCUT2D eigenvalue weighted by Crippen LogP contribution is -2.48. The van der Waals surface area contributed by atoms with Gasteiger partial charge in [0.25, 0.3) is 0 Å². The van der Waals surface area contributed by atoms with Gasteiger partial charge in [0.2, 0.25) is 0 Å². The van der Waals surface area contributed by atoms with Crippen molar-refractivity contribution in [2.75, 3.05) is 104 Å². The van der Waals surface area contributed by atoms with Crippen molar-refractivity contribution >= 4 is 16.6 Å². The van der Waals surface area contributed by atoms with Gasteiger partial charge >= 0.3 is 0 Å². The zero-order chi connectivity index (χ0) is 40.7. The second-order valence-electron chi connectivity index (χ2n) is 15.4. The smallest absolute Gasteiger partial charge is 0.193 e. The van der Waals surface area contributed by atoms with E-state index in [1.54, 1.807) is 6.07 Å². The number of benzene rings is 1. The second kappa shape index (κ2) is 22.4. The van der Waals surface area contributed by atoms with Crippen LogP contribution in [0.25, 0.3) is 10.9 Å². The molecular weight excluding hydrogens is 742 g/mol. The predicted molar refractivity (Wildman–Crippen MR) is 224 cm³/mol. The first-order valence-electron chi connectivity index (χ1n) is 20.8. The molecule has 0 spiro atoms. The third kappa shape index (κ3) is 13.0. The lowest BCUT2D eigenvalue weighted by Gasteiger charge is -2.40. The number of nitrogens with two attached hydrogens (primary N) is 1.